The van der Waals surface area contributed by atoms with Crippen molar-refractivity contribution in [2.75, 3.05) is 6.54 Å². The van der Waals surface area contributed by atoms with Crippen molar-refractivity contribution in [3.8, 4) is 6.07 Å². The molecule has 0 spiro atoms. The molecule has 4 nitrogen and oxygen atoms in total. The normalized spacial score (nSPS) is 24.4. The van der Waals surface area contributed by atoms with Crippen LogP contribution in [0.25, 0.3) is 0 Å². The summed E-state index contributed by atoms with van der Waals surface area (Å²) < 4.78 is 0. The average molecular weight is 251 g/mol. The van der Waals surface area contributed by atoms with E-state index in [-0.39, 0.29) is 23.9 Å². The van der Waals surface area contributed by atoms with Gasteiger partial charge in [-0.25, -0.2) is 0 Å². The van der Waals surface area contributed by atoms with Gasteiger partial charge in [-0.1, -0.05) is 19.3 Å². The molecule has 2 atom stereocenters. The third-order valence-corrected chi connectivity index (χ3v) is 3.76. The summed E-state index contributed by atoms with van der Waals surface area (Å²) in [5, 5.41) is 8.67. The Morgan fingerprint density at radius 1 is 1.39 bits per heavy atom. The standard InChI is InChI=1S/C14H25N3O/c1-11(2)17(10-6-9-15)14(18)12-7-4-3-5-8-13(12)16/h11-13H,3-8,10,16H2,1-2H3. The molecule has 18 heavy (non-hydrogen) atoms. The average Bonchev–Trinajstić information content (AvgIpc) is 2.53. The molecule has 102 valence electrons. The Kier molecular flexibility index (Phi) is 6.14. The Labute approximate surface area is 110 Å². The van der Waals surface area contributed by atoms with Crippen molar-refractivity contribution in [1.82, 2.24) is 4.90 Å². The quantitative estimate of drug-likeness (QED) is 0.777. The molecule has 0 aromatic heterocycles. The van der Waals surface area contributed by atoms with Gasteiger partial charge in [0.05, 0.1) is 18.4 Å². The second-order valence-corrected chi connectivity index (χ2v) is 5.44. The lowest BCUT2D eigenvalue weighted by atomic mass is 9.93. The summed E-state index contributed by atoms with van der Waals surface area (Å²) in [6.07, 6.45) is 5.64. The summed E-state index contributed by atoms with van der Waals surface area (Å²) in [5.74, 6) is 0.100. The number of rotatable bonds is 4. The van der Waals surface area contributed by atoms with E-state index in [0.717, 1.165) is 25.7 Å². The maximum Gasteiger partial charge on any atom is 0.227 e. The first-order chi connectivity index (χ1) is 8.57. The van der Waals surface area contributed by atoms with Gasteiger partial charge in [0.25, 0.3) is 0 Å². The molecule has 0 heterocycles. The number of amides is 1. The van der Waals surface area contributed by atoms with E-state index >= 15 is 0 Å². The highest BCUT2D eigenvalue weighted by molar-refractivity contribution is 5.80. The van der Waals surface area contributed by atoms with Gasteiger partial charge in [0.15, 0.2) is 0 Å². The first-order valence-electron chi connectivity index (χ1n) is 7.01. The molecule has 1 amide bonds. The molecule has 1 aliphatic rings. The molecule has 0 aromatic rings. The highest BCUT2D eigenvalue weighted by atomic mass is 16.2. The predicted molar refractivity (Wildman–Crippen MR) is 71.6 cm³/mol. The van der Waals surface area contributed by atoms with E-state index in [9.17, 15) is 4.79 Å². The molecule has 2 N–H and O–H groups in total. The van der Waals surface area contributed by atoms with Gasteiger partial charge in [-0.15, -0.1) is 0 Å². The highest BCUT2D eigenvalue weighted by Crippen LogP contribution is 2.24. The number of carbonyl (C=O) groups excluding carboxylic acids is 1. The van der Waals surface area contributed by atoms with Crippen LogP contribution in [-0.4, -0.2) is 29.4 Å². The first-order valence-corrected chi connectivity index (χ1v) is 7.01. The Balaban J connectivity index is 2.71. The van der Waals surface area contributed by atoms with E-state index in [1.54, 1.807) is 0 Å². The van der Waals surface area contributed by atoms with Crippen LogP contribution in [-0.2, 0) is 4.79 Å². The fourth-order valence-electron chi connectivity index (χ4n) is 2.65. The SMILES string of the molecule is CC(C)N(CCC#N)C(=O)C1CCCCCC1N. The summed E-state index contributed by atoms with van der Waals surface area (Å²) in [6.45, 7) is 4.52. The van der Waals surface area contributed by atoms with E-state index < -0.39 is 0 Å². The molecule has 0 aliphatic heterocycles. The lowest BCUT2D eigenvalue weighted by Gasteiger charge is -2.31. The molecular weight excluding hydrogens is 226 g/mol. The molecule has 2 unspecified atom stereocenters. The fraction of sp³-hybridized carbons (Fsp3) is 0.857. The second kappa shape index (κ2) is 7.38. The maximum atomic E-state index is 12.5. The van der Waals surface area contributed by atoms with Gasteiger partial charge < -0.3 is 10.6 Å². The molecule has 1 fully saturated rings. The van der Waals surface area contributed by atoms with Crippen LogP contribution in [0.2, 0.25) is 0 Å². The number of nitrogens with two attached hydrogens (primary N) is 1. The Bertz CT molecular complexity index is 309. The van der Waals surface area contributed by atoms with Crippen molar-refractivity contribution in [3.05, 3.63) is 0 Å². The molecule has 1 saturated carbocycles. The lowest BCUT2D eigenvalue weighted by molar-refractivity contribution is -0.138. The first kappa shape index (κ1) is 15.0. The zero-order valence-corrected chi connectivity index (χ0v) is 11.6. The Morgan fingerprint density at radius 2 is 2.06 bits per heavy atom. The zero-order chi connectivity index (χ0) is 13.5. The van der Waals surface area contributed by atoms with Crippen molar-refractivity contribution in [2.24, 2.45) is 11.7 Å². The fourth-order valence-corrected chi connectivity index (χ4v) is 2.65. The highest BCUT2D eigenvalue weighted by Gasteiger charge is 2.31. The second-order valence-electron chi connectivity index (χ2n) is 5.44. The zero-order valence-electron chi connectivity index (χ0n) is 11.6. The molecule has 4 heteroatoms. The van der Waals surface area contributed by atoms with Crippen molar-refractivity contribution < 1.29 is 4.79 Å². The van der Waals surface area contributed by atoms with Crippen LogP contribution >= 0.6 is 0 Å². The Morgan fingerprint density at radius 3 is 2.67 bits per heavy atom. The van der Waals surface area contributed by atoms with Gasteiger partial charge >= 0.3 is 0 Å². The van der Waals surface area contributed by atoms with Crippen LogP contribution in [0.3, 0.4) is 0 Å². The van der Waals surface area contributed by atoms with Gasteiger partial charge in [0.2, 0.25) is 5.91 Å². The topological polar surface area (TPSA) is 70.1 Å². The molecular formula is C14H25N3O. The molecule has 0 bridgehead atoms. The van der Waals surface area contributed by atoms with Crippen LogP contribution in [0.5, 0.6) is 0 Å². The summed E-state index contributed by atoms with van der Waals surface area (Å²) in [7, 11) is 0. The van der Waals surface area contributed by atoms with Crippen molar-refractivity contribution >= 4 is 5.91 Å². The number of nitrogens with zero attached hydrogens (tertiary/aromatic N) is 2. The van der Waals surface area contributed by atoms with Gasteiger partial charge in [0, 0.05) is 18.6 Å². The molecule has 0 aromatic carbocycles. The smallest absolute Gasteiger partial charge is 0.227 e. The van der Waals surface area contributed by atoms with Crippen LogP contribution in [0.4, 0.5) is 0 Å². The molecule has 0 saturated heterocycles. The lowest BCUT2D eigenvalue weighted by Crippen LogP contribution is -2.46. The van der Waals surface area contributed by atoms with E-state index in [4.69, 9.17) is 11.0 Å². The number of nitriles is 1. The van der Waals surface area contributed by atoms with Gasteiger partial charge in [-0.05, 0) is 26.7 Å². The van der Waals surface area contributed by atoms with Crippen LogP contribution in [0.1, 0.15) is 52.4 Å². The van der Waals surface area contributed by atoms with E-state index in [2.05, 4.69) is 6.07 Å². The van der Waals surface area contributed by atoms with Crippen LogP contribution in [0, 0.1) is 17.2 Å². The van der Waals surface area contributed by atoms with E-state index in [0.29, 0.717) is 13.0 Å². The monoisotopic (exact) mass is 251 g/mol. The molecule has 1 rings (SSSR count). The largest absolute Gasteiger partial charge is 0.339 e. The summed E-state index contributed by atoms with van der Waals surface area (Å²) in [4.78, 5) is 14.4. The number of hydrogen-bond acceptors (Lipinski definition) is 3. The predicted octanol–water partition coefficient (Wildman–Crippen LogP) is 2.04. The van der Waals surface area contributed by atoms with Gasteiger partial charge in [-0.2, -0.15) is 5.26 Å². The Hall–Kier alpha value is -1.08. The maximum absolute atomic E-state index is 12.5. The summed E-state index contributed by atoms with van der Waals surface area (Å²) >= 11 is 0. The van der Waals surface area contributed by atoms with Crippen molar-refractivity contribution in [1.29, 1.82) is 5.26 Å². The molecule has 1 aliphatic carbocycles. The van der Waals surface area contributed by atoms with Gasteiger partial charge in [0.1, 0.15) is 0 Å². The number of carbonyl (C=O) groups is 1. The summed E-state index contributed by atoms with van der Waals surface area (Å²) in [5.41, 5.74) is 6.13. The van der Waals surface area contributed by atoms with Crippen LogP contribution < -0.4 is 5.73 Å². The third kappa shape index (κ3) is 3.99. The minimum atomic E-state index is -0.0476. The minimum Gasteiger partial charge on any atom is -0.339 e. The van der Waals surface area contributed by atoms with Crippen molar-refractivity contribution in [3.63, 3.8) is 0 Å². The van der Waals surface area contributed by atoms with Crippen molar-refractivity contribution in [2.45, 2.75) is 64.5 Å². The van der Waals surface area contributed by atoms with E-state index in [1.807, 2.05) is 18.7 Å². The number of hydrogen-bond donors (Lipinski definition) is 1. The van der Waals surface area contributed by atoms with Gasteiger partial charge in [-0.3, -0.25) is 4.79 Å². The van der Waals surface area contributed by atoms with Crippen LogP contribution in [0.15, 0.2) is 0 Å². The minimum absolute atomic E-state index is 0.0108. The van der Waals surface area contributed by atoms with E-state index in [1.165, 1.54) is 6.42 Å². The summed E-state index contributed by atoms with van der Waals surface area (Å²) in [6, 6.07) is 2.24. The molecule has 0 radical (unpaired) electrons. The third-order valence-electron chi connectivity index (χ3n) is 3.76.